The fraction of sp³-hybridized carbons (Fsp3) is 0.462. The van der Waals surface area contributed by atoms with E-state index >= 15 is 0 Å². The van der Waals surface area contributed by atoms with E-state index in [4.69, 9.17) is 11.6 Å². The minimum atomic E-state index is 0.593. The Morgan fingerprint density at radius 2 is 2.00 bits per heavy atom. The van der Waals surface area contributed by atoms with E-state index in [0.717, 1.165) is 23.4 Å². The number of rotatable bonds is 3. The van der Waals surface area contributed by atoms with Gasteiger partial charge in [0.15, 0.2) is 0 Å². The summed E-state index contributed by atoms with van der Waals surface area (Å²) in [7, 11) is 2.03. The van der Waals surface area contributed by atoms with Crippen LogP contribution in [0.25, 0.3) is 11.0 Å². The third kappa shape index (κ3) is 1.71. The average Bonchev–Trinajstić information content (AvgIpc) is 2.67. The van der Waals surface area contributed by atoms with Crippen molar-refractivity contribution in [3.8, 4) is 0 Å². The molecule has 0 saturated carbocycles. The fourth-order valence-electron chi connectivity index (χ4n) is 2.32. The molecule has 0 aliphatic rings. The van der Waals surface area contributed by atoms with Crippen LogP contribution in [0, 0.1) is 0 Å². The molecule has 0 bridgehead atoms. The molecule has 1 heterocycles. The van der Waals surface area contributed by atoms with Gasteiger partial charge in [-0.15, -0.1) is 0 Å². The van der Waals surface area contributed by atoms with E-state index in [1.165, 1.54) is 11.1 Å². The van der Waals surface area contributed by atoms with Crippen LogP contribution in [0.15, 0.2) is 18.5 Å². The maximum atomic E-state index is 6.16. The zero-order valence-corrected chi connectivity index (χ0v) is 10.8. The monoisotopic (exact) mass is 236 g/mol. The van der Waals surface area contributed by atoms with Crippen LogP contribution in [0.2, 0.25) is 5.02 Å². The van der Waals surface area contributed by atoms with Crippen molar-refractivity contribution in [3.05, 3.63) is 29.0 Å². The Kier molecular flexibility index (Phi) is 3.20. The van der Waals surface area contributed by atoms with E-state index < -0.39 is 0 Å². The van der Waals surface area contributed by atoms with Crippen molar-refractivity contribution in [2.24, 2.45) is 7.05 Å². The smallest absolute Gasteiger partial charge is 0.107 e. The van der Waals surface area contributed by atoms with E-state index in [1.807, 2.05) is 19.4 Å². The van der Waals surface area contributed by atoms with E-state index in [2.05, 4.69) is 29.5 Å². The van der Waals surface area contributed by atoms with Crippen molar-refractivity contribution in [3.63, 3.8) is 0 Å². The summed E-state index contributed by atoms with van der Waals surface area (Å²) in [5, 5.41) is 0.741. The molecule has 0 fully saturated rings. The van der Waals surface area contributed by atoms with Crippen LogP contribution in [0.1, 0.15) is 38.2 Å². The lowest BCUT2D eigenvalue weighted by Crippen LogP contribution is -1.99. The van der Waals surface area contributed by atoms with Crippen molar-refractivity contribution in [2.45, 2.75) is 32.6 Å². The minimum absolute atomic E-state index is 0.593. The van der Waals surface area contributed by atoms with Crippen molar-refractivity contribution >= 4 is 22.6 Å². The van der Waals surface area contributed by atoms with Crippen LogP contribution in [-0.4, -0.2) is 9.55 Å². The second kappa shape index (κ2) is 4.46. The first-order valence-electron chi connectivity index (χ1n) is 5.78. The Morgan fingerprint density at radius 1 is 1.31 bits per heavy atom. The number of halogens is 1. The topological polar surface area (TPSA) is 17.8 Å². The Hall–Kier alpha value is -1.02. The van der Waals surface area contributed by atoms with Crippen molar-refractivity contribution in [1.29, 1.82) is 0 Å². The highest BCUT2D eigenvalue weighted by molar-refractivity contribution is 6.35. The molecular weight excluding hydrogens is 220 g/mol. The fourth-order valence-corrected chi connectivity index (χ4v) is 2.53. The lowest BCUT2D eigenvalue weighted by molar-refractivity contribution is 0.643. The van der Waals surface area contributed by atoms with Gasteiger partial charge in [-0.3, -0.25) is 0 Å². The predicted molar refractivity (Wildman–Crippen MR) is 69.0 cm³/mol. The molecular formula is C13H17ClN2. The van der Waals surface area contributed by atoms with Gasteiger partial charge in [0.2, 0.25) is 0 Å². The third-order valence-corrected chi connectivity index (χ3v) is 3.58. The van der Waals surface area contributed by atoms with Crippen molar-refractivity contribution in [2.75, 3.05) is 0 Å². The van der Waals surface area contributed by atoms with Gasteiger partial charge in [-0.1, -0.05) is 31.5 Å². The predicted octanol–water partition coefficient (Wildman–Crippen LogP) is 4.13. The molecule has 1 aromatic carbocycles. The zero-order chi connectivity index (χ0) is 11.7. The lowest BCUT2D eigenvalue weighted by atomic mass is 9.93. The zero-order valence-electron chi connectivity index (χ0n) is 10.00. The maximum absolute atomic E-state index is 6.16. The van der Waals surface area contributed by atoms with Gasteiger partial charge in [-0.05, 0) is 30.4 Å². The molecule has 2 nitrogen and oxygen atoms in total. The molecule has 0 N–H and O–H groups in total. The van der Waals surface area contributed by atoms with Gasteiger partial charge in [-0.25, -0.2) is 4.98 Å². The van der Waals surface area contributed by atoms with E-state index in [-0.39, 0.29) is 0 Å². The van der Waals surface area contributed by atoms with Crippen LogP contribution in [0.4, 0.5) is 0 Å². The van der Waals surface area contributed by atoms with Crippen LogP contribution >= 0.6 is 11.6 Å². The maximum Gasteiger partial charge on any atom is 0.107 e. The highest BCUT2D eigenvalue weighted by Gasteiger charge is 2.15. The van der Waals surface area contributed by atoms with Crippen LogP contribution in [0.3, 0.4) is 0 Å². The number of hydrogen-bond donors (Lipinski definition) is 0. The van der Waals surface area contributed by atoms with Gasteiger partial charge in [-0.2, -0.15) is 0 Å². The van der Waals surface area contributed by atoms with Crippen LogP contribution in [0.5, 0.6) is 0 Å². The number of aryl methyl sites for hydroxylation is 1. The average molecular weight is 237 g/mol. The molecule has 1 aromatic heterocycles. The number of fused-ring (bicyclic) bond motifs is 1. The number of imidazole rings is 1. The molecule has 2 aromatic rings. The lowest BCUT2D eigenvalue weighted by Gasteiger charge is -2.15. The van der Waals surface area contributed by atoms with Gasteiger partial charge in [0.05, 0.1) is 16.9 Å². The normalized spacial score (nSPS) is 11.6. The molecule has 0 aliphatic carbocycles. The van der Waals surface area contributed by atoms with Gasteiger partial charge >= 0.3 is 0 Å². The molecule has 0 atom stereocenters. The SMILES string of the molecule is CCC(CC)c1ccc(Cl)c2ncn(C)c12. The van der Waals surface area contributed by atoms with E-state index in [9.17, 15) is 0 Å². The number of hydrogen-bond acceptors (Lipinski definition) is 1. The van der Waals surface area contributed by atoms with Crippen molar-refractivity contribution < 1.29 is 0 Å². The third-order valence-electron chi connectivity index (χ3n) is 3.27. The second-order valence-corrected chi connectivity index (χ2v) is 4.61. The molecule has 16 heavy (non-hydrogen) atoms. The minimum Gasteiger partial charge on any atom is -0.333 e. The Morgan fingerprint density at radius 3 is 2.62 bits per heavy atom. The number of aromatic nitrogens is 2. The number of benzene rings is 1. The molecule has 0 saturated heterocycles. The first-order chi connectivity index (χ1) is 7.69. The summed E-state index contributed by atoms with van der Waals surface area (Å²) in [6, 6.07) is 4.11. The van der Waals surface area contributed by atoms with Gasteiger partial charge in [0.25, 0.3) is 0 Å². The Balaban J connectivity index is 2.70. The molecule has 0 aliphatic heterocycles. The summed E-state index contributed by atoms with van der Waals surface area (Å²) in [6.07, 6.45) is 4.14. The first kappa shape index (κ1) is 11.5. The second-order valence-electron chi connectivity index (χ2n) is 4.20. The molecule has 3 heteroatoms. The summed E-state index contributed by atoms with van der Waals surface area (Å²) >= 11 is 6.16. The summed E-state index contributed by atoms with van der Waals surface area (Å²) < 4.78 is 2.06. The van der Waals surface area contributed by atoms with Crippen LogP contribution in [-0.2, 0) is 7.05 Å². The Labute approximate surface area is 101 Å². The van der Waals surface area contributed by atoms with Crippen LogP contribution < -0.4 is 0 Å². The molecule has 0 unspecified atom stereocenters. The molecule has 2 rings (SSSR count). The van der Waals surface area contributed by atoms with Crippen molar-refractivity contribution in [1.82, 2.24) is 9.55 Å². The molecule has 86 valence electrons. The van der Waals surface area contributed by atoms with Gasteiger partial charge in [0, 0.05) is 7.05 Å². The van der Waals surface area contributed by atoms with Gasteiger partial charge < -0.3 is 4.57 Å². The van der Waals surface area contributed by atoms with E-state index in [0.29, 0.717) is 5.92 Å². The molecule has 0 radical (unpaired) electrons. The first-order valence-corrected chi connectivity index (χ1v) is 6.16. The summed E-state index contributed by atoms with van der Waals surface area (Å²) in [4.78, 5) is 4.36. The highest BCUT2D eigenvalue weighted by Crippen LogP contribution is 2.32. The molecule has 0 amide bonds. The number of nitrogens with zero attached hydrogens (tertiary/aromatic N) is 2. The molecule has 0 spiro atoms. The summed E-state index contributed by atoms with van der Waals surface area (Å²) in [5.41, 5.74) is 3.47. The summed E-state index contributed by atoms with van der Waals surface area (Å²) in [5.74, 6) is 0.593. The largest absolute Gasteiger partial charge is 0.333 e. The Bertz CT molecular complexity index is 498. The van der Waals surface area contributed by atoms with Gasteiger partial charge in [0.1, 0.15) is 5.52 Å². The standard InChI is InChI=1S/C13H17ClN2/c1-4-9(5-2)10-6-7-11(14)12-13(10)16(3)8-15-12/h6-9H,4-5H2,1-3H3. The highest BCUT2D eigenvalue weighted by atomic mass is 35.5. The van der Waals surface area contributed by atoms with E-state index in [1.54, 1.807) is 0 Å². The quantitative estimate of drug-likeness (QED) is 0.784. The summed E-state index contributed by atoms with van der Waals surface area (Å²) in [6.45, 7) is 4.45.